The van der Waals surface area contributed by atoms with Crippen LogP contribution >= 0.6 is 0 Å². The van der Waals surface area contributed by atoms with E-state index in [1.165, 1.54) is 10.8 Å². The lowest BCUT2D eigenvalue weighted by Gasteiger charge is -2.37. The predicted octanol–water partition coefficient (Wildman–Crippen LogP) is 2.18. The molecule has 0 bridgehead atoms. The zero-order chi connectivity index (χ0) is 27.4. The molecule has 3 aromatic rings. The molecule has 0 radical (unpaired) electrons. The van der Waals surface area contributed by atoms with Crippen molar-refractivity contribution >= 4 is 0 Å². The van der Waals surface area contributed by atoms with Gasteiger partial charge in [-0.25, -0.2) is 4.79 Å². The maximum absolute atomic E-state index is 12.8. The summed E-state index contributed by atoms with van der Waals surface area (Å²) in [5.74, 6) is -0.971. The highest BCUT2D eigenvalue weighted by Gasteiger charge is 2.76. The van der Waals surface area contributed by atoms with Gasteiger partial charge in [0, 0.05) is 11.8 Å². The molecule has 3 heterocycles. The van der Waals surface area contributed by atoms with Gasteiger partial charge in [0.1, 0.15) is 30.5 Å². The first-order chi connectivity index (χ1) is 18.7. The number of H-pyrrole nitrogens is 1. The van der Waals surface area contributed by atoms with Gasteiger partial charge < -0.3 is 28.8 Å². The van der Waals surface area contributed by atoms with Crippen molar-refractivity contribution < 1.29 is 28.8 Å². The highest BCUT2D eigenvalue weighted by Crippen LogP contribution is 2.56. The van der Waals surface area contributed by atoms with Crippen LogP contribution in [0.5, 0.6) is 0 Å². The Balaban J connectivity index is 1.42. The molecule has 6 rings (SSSR count). The minimum atomic E-state index is -1.44. The van der Waals surface area contributed by atoms with Crippen LogP contribution in [0.25, 0.3) is 0 Å². The molecule has 3 aliphatic rings. The van der Waals surface area contributed by atoms with Gasteiger partial charge in [-0.3, -0.25) is 14.3 Å². The van der Waals surface area contributed by atoms with E-state index in [0.717, 1.165) is 11.1 Å². The van der Waals surface area contributed by atoms with E-state index in [1.54, 1.807) is 20.8 Å². The first-order valence-corrected chi connectivity index (χ1v) is 13.0. The van der Waals surface area contributed by atoms with Crippen molar-refractivity contribution in [2.45, 2.75) is 82.1 Å². The van der Waals surface area contributed by atoms with Crippen LogP contribution < -0.4 is 11.2 Å². The summed E-state index contributed by atoms with van der Waals surface area (Å²) in [6.45, 7) is 5.61. The third-order valence-corrected chi connectivity index (χ3v) is 7.70. The smallest absolute Gasteiger partial charge is 0.330 e. The second kappa shape index (κ2) is 9.81. The fourth-order valence-electron chi connectivity index (χ4n) is 5.91. The lowest BCUT2D eigenvalue weighted by Crippen LogP contribution is -2.57. The van der Waals surface area contributed by atoms with Crippen LogP contribution in [0, 0.1) is 6.92 Å². The van der Waals surface area contributed by atoms with Gasteiger partial charge >= 0.3 is 5.69 Å². The van der Waals surface area contributed by atoms with Crippen molar-refractivity contribution in [2.24, 2.45) is 0 Å². The van der Waals surface area contributed by atoms with Gasteiger partial charge in [-0.15, -0.1) is 0 Å². The van der Waals surface area contributed by atoms with Crippen LogP contribution in [0.3, 0.4) is 0 Å². The van der Waals surface area contributed by atoms with Gasteiger partial charge in [0.2, 0.25) is 0 Å². The molecule has 2 aliphatic heterocycles. The first kappa shape index (κ1) is 26.1. The van der Waals surface area contributed by atoms with E-state index in [4.69, 9.17) is 23.7 Å². The molecule has 0 spiro atoms. The molecule has 1 aliphatic carbocycles. The van der Waals surface area contributed by atoms with Gasteiger partial charge in [-0.05, 0) is 31.9 Å². The first-order valence-electron chi connectivity index (χ1n) is 13.0. The molecule has 10 heteroatoms. The minimum Gasteiger partial charge on any atom is -0.385 e. The number of ether oxygens (including phenoxy) is 5. The van der Waals surface area contributed by atoms with Crippen molar-refractivity contribution in [1.29, 1.82) is 0 Å². The molecule has 2 N–H and O–H groups in total. The van der Waals surface area contributed by atoms with Crippen molar-refractivity contribution in [2.75, 3.05) is 0 Å². The van der Waals surface area contributed by atoms with E-state index in [1.807, 2.05) is 60.7 Å². The van der Waals surface area contributed by atoms with Crippen LogP contribution in [-0.2, 0) is 36.9 Å². The number of hydrogen-bond donors (Lipinski definition) is 2. The summed E-state index contributed by atoms with van der Waals surface area (Å²) in [6, 6.07) is 19.3. The van der Waals surface area contributed by atoms with E-state index in [9.17, 15) is 14.7 Å². The fraction of sp³-hybridized carbons (Fsp3) is 0.448. The molecule has 1 aromatic heterocycles. The summed E-state index contributed by atoms with van der Waals surface area (Å²) in [5.41, 5.74) is -0.492. The summed E-state index contributed by atoms with van der Waals surface area (Å²) < 4.78 is 33.3. The summed E-state index contributed by atoms with van der Waals surface area (Å²) in [6.07, 6.45) is -4.04. The van der Waals surface area contributed by atoms with Crippen LogP contribution in [0.4, 0.5) is 0 Å². The molecule has 7 atom stereocenters. The van der Waals surface area contributed by atoms with Gasteiger partial charge in [0.25, 0.3) is 5.56 Å². The number of aliphatic hydroxyl groups is 1. The number of nitrogens with one attached hydrogen (secondary N) is 1. The van der Waals surface area contributed by atoms with Crippen molar-refractivity contribution in [3.63, 3.8) is 0 Å². The number of rotatable bonds is 7. The number of aryl methyl sites for hydroxylation is 1. The Kier molecular flexibility index (Phi) is 6.57. The van der Waals surface area contributed by atoms with Crippen LogP contribution in [0.15, 0.2) is 76.4 Å². The summed E-state index contributed by atoms with van der Waals surface area (Å²) in [4.78, 5) is 27.2. The highest BCUT2D eigenvalue weighted by molar-refractivity contribution is 5.24. The van der Waals surface area contributed by atoms with Crippen LogP contribution in [-0.4, -0.2) is 56.6 Å². The van der Waals surface area contributed by atoms with Crippen LogP contribution in [0.2, 0.25) is 0 Å². The Labute approximate surface area is 225 Å². The Morgan fingerprint density at radius 3 is 2.26 bits per heavy atom. The third kappa shape index (κ3) is 4.47. The highest BCUT2D eigenvalue weighted by atomic mass is 16.8. The van der Waals surface area contributed by atoms with E-state index < -0.39 is 59.4 Å². The minimum absolute atomic E-state index is 0.155. The average Bonchev–Trinajstić information content (AvgIpc) is 3.47. The Morgan fingerprint density at radius 1 is 0.949 bits per heavy atom. The number of benzene rings is 2. The summed E-state index contributed by atoms with van der Waals surface area (Å²) >= 11 is 0. The second-order valence-corrected chi connectivity index (χ2v) is 10.8. The maximum atomic E-state index is 12.8. The van der Waals surface area contributed by atoms with Crippen LogP contribution in [0.1, 0.15) is 36.8 Å². The number of nitrogens with zero attached hydrogens (tertiary/aromatic N) is 1. The molecule has 206 valence electrons. The monoisotopic (exact) mass is 536 g/mol. The lowest BCUT2D eigenvalue weighted by molar-refractivity contribution is -0.232. The topological polar surface area (TPSA) is 121 Å². The average molecular weight is 537 g/mol. The van der Waals surface area contributed by atoms with Gasteiger partial charge in [-0.2, -0.15) is 0 Å². The maximum Gasteiger partial charge on any atom is 0.330 e. The molecule has 0 unspecified atom stereocenters. The SMILES string of the molecule is Cc1cn([C@@H]2O[C@@H]3[C@H](OCc4ccccc4)[C@H]4OC(C)(C)O[C@H]4[C@]3(OCc3ccccc3)[C@@H]2O)c(=O)[nH]c1=O. The molecule has 2 aromatic carbocycles. The van der Waals surface area contributed by atoms with Crippen molar-refractivity contribution in [3.8, 4) is 0 Å². The largest absolute Gasteiger partial charge is 0.385 e. The molecule has 10 nitrogen and oxygen atoms in total. The van der Waals surface area contributed by atoms with Crippen molar-refractivity contribution in [1.82, 2.24) is 9.55 Å². The molecule has 3 fully saturated rings. The number of aromatic nitrogens is 2. The Bertz CT molecular complexity index is 1440. The molecule has 1 saturated carbocycles. The zero-order valence-corrected chi connectivity index (χ0v) is 22.0. The molecule has 2 saturated heterocycles. The standard InChI is InChI=1S/C29H32N2O8/c1-17-14-31(27(34)30-25(17)33)26-22(32)29(36-16-19-12-8-5-9-13-19)23(37-26)20(21-24(29)39-28(2,3)38-21)35-15-18-10-6-4-7-11-18/h4-14,20-24,26,32H,15-16H2,1-3H3,(H,30,33,34)/t20-,21-,22-,23-,24-,26-,29+/m1/s1. The summed E-state index contributed by atoms with van der Waals surface area (Å²) in [5, 5.41) is 12.0. The normalized spacial score (nSPS) is 32.7. The number of aromatic amines is 1. The van der Waals surface area contributed by atoms with Gasteiger partial charge in [0.15, 0.2) is 17.6 Å². The number of hydrogen-bond acceptors (Lipinski definition) is 8. The van der Waals surface area contributed by atoms with E-state index in [-0.39, 0.29) is 13.2 Å². The lowest BCUT2D eigenvalue weighted by atomic mass is 9.90. The summed E-state index contributed by atoms with van der Waals surface area (Å²) in [7, 11) is 0. The quantitative estimate of drug-likeness (QED) is 0.472. The fourth-order valence-corrected chi connectivity index (χ4v) is 5.91. The second-order valence-electron chi connectivity index (χ2n) is 10.8. The number of aliphatic hydroxyl groups excluding tert-OH is 1. The zero-order valence-electron chi connectivity index (χ0n) is 22.0. The predicted molar refractivity (Wildman–Crippen MR) is 139 cm³/mol. The Hall–Kier alpha value is -3.12. The molecular formula is C29H32N2O8. The van der Waals surface area contributed by atoms with Crippen molar-refractivity contribution in [3.05, 3.63) is 104 Å². The molecular weight excluding hydrogens is 504 g/mol. The van der Waals surface area contributed by atoms with Gasteiger partial charge in [-0.1, -0.05) is 60.7 Å². The Morgan fingerprint density at radius 2 is 1.59 bits per heavy atom. The molecule has 39 heavy (non-hydrogen) atoms. The van der Waals surface area contributed by atoms with Gasteiger partial charge in [0.05, 0.1) is 13.2 Å². The van der Waals surface area contributed by atoms with E-state index >= 15 is 0 Å². The molecule has 0 amide bonds. The van der Waals surface area contributed by atoms with E-state index in [2.05, 4.69) is 4.98 Å². The number of fused-ring (bicyclic) bond motifs is 3. The third-order valence-electron chi connectivity index (χ3n) is 7.70. The van der Waals surface area contributed by atoms with E-state index in [0.29, 0.717) is 5.56 Å².